The average Bonchev–Trinajstić information content (AvgIpc) is 2.53. The number of hydrogen-bond donors (Lipinski definition) is 4. The third kappa shape index (κ3) is 3.14. The molecule has 0 unspecified atom stereocenters. The number of anilines is 2. The number of hydrogen-bond acceptors (Lipinski definition) is 4. The zero-order chi connectivity index (χ0) is 16.3. The molecule has 2 amide bonds. The molecule has 0 aliphatic rings. The molecule has 0 saturated carbocycles. The summed E-state index contributed by atoms with van der Waals surface area (Å²) < 4.78 is 0. The second-order valence-corrected chi connectivity index (χ2v) is 4.40. The van der Waals surface area contributed by atoms with Crippen LogP contribution in [0.3, 0.4) is 0 Å². The molecule has 2 rings (SSSR count). The Bertz CT molecular complexity index is 623. The van der Waals surface area contributed by atoms with Crippen molar-refractivity contribution in [3.05, 3.63) is 48.5 Å². The Morgan fingerprint density at radius 2 is 0.955 bits per heavy atom. The minimum absolute atomic E-state index is 0.340. The van der Waals surface area contributed by atoms with Crippen molar-refractivity contribution in [2.24, 2.45) is 11.7 Å². The highest BCUT2D eigenvalue weighted by molar-refractivity contribution is 5.86. The summed E-state index contributed by atoms with van der Waals surface area (Å²) in [4.78, 5) is 21.5. The lowest BCUT2D eigenvalue weighted by Gasteiger charge is -2.14. The van der Waals surface area contributed by atoms with Crippen molar-refractivity contribution >= 4 is 23.6 Å². The molecule has 0 atom stereocenters. The summed E-state index contributed by atoms with van der Waals surface area (Å²) in [6.07, 6.45) is -2.51. The summed E-state index contributed by atoms with van der Waals surface area (Å²) in [6, 6.07) is 13.1. The van der Waals surface area contributed by atoms with E-state index in [2.05, 4.69) is 0 Å². The Morgan fingerprint density at radius 1 is 0.682 bits per heavy atom. The van der Waals surface area contributed by atoms with Gasteiger partial charge in [0.1, 0.15) is 0 Å². The summed E-state index contributed by atoms with van der Waals surface area (Å²) in [7, 11) is 0. The highest BCUT2D eigenvalue weighted by Crippen LogP contribution is 2.24. The van der Waals surface area contributed by atoms with Gasteiger partial charge in [0, 0.05) is 0 Å². The van der Waals surface area contributed by atoms with Crippen LogP contribution in [0.1, 0.15) is 0 Å². The van der Waals surface area contributed by atoms with Crippen LogP contribution in [0.25, 0.3) is 11.1 Å². The molecule has 114 valence electrons. The second kappa shape index (κ2) is 6.12. The van der Waals surface area contributed by atoms with E-state index >= 15 is 0 Å². The molecule has 0 fully saturated rings. The van der Waals surface area contributed by atoms with E-state index < -0.39 is 12.2 Å². The van der Waals surface area contributed by atoms with Gasteiger partial charge in [-0.05, 0) is 35.4 Å². The van der Waals surface area contributed by atoms with Gasteiger partial charge in [0.15, 0.2) is 0 Å². The largest absolute Gasteiger partial charge is 0.464 e. The van der Waals surface area contributed by atoms with Crippen LogP contribution in [0.15, 0.2) is 48.5 Å². The molecular weight excluding hydrogens is 288 g/mol. The number of nitrogens with zero attached hydrogens (tertiary/aromatic N) is 2. The van der Waals surface area contributed by atoms with Gasteiger partial charge in [0.05, 0.1) is 11.4 Å². The van der Waals surface area contributed by atoms with Crippen LogP contribution in [0.4, 0.5) is 21.0 Å². The van der Waals surface area contributed by atoms with Crippen LogP contribution in [-0.2, 0) is 0 Å². The molecule has 8 heteroatoms. The van der Waals surface area contributed by atoms with Gasteiger partial charge in [0.25, 0.3) is 0 Å². The quantitative estimate of drug-likeness (QED) is 0.389. The number of carboxylic acid groups (broad SMARTS) is 2. The van der Waals surface area contributed by atoms with Crippen LogP contribution in [0.5, 0.6) is 0 Å². The van der Waals surface area contributed by atoms with Crippen molar-refractivity contribution in [3.8, 4) is 11.1 Å². The van der Waals surface area contributed by atoms with Crippen molar-refractivity contribution in [2.45, 2.75) is 0 Å². The molecule has 6 N–H and O–H groups in total. The Labute approximate surface area is 125 Å². The first kappa shape index (κ1) is 15.3. The Hall–Kier alpha value is -3.10. The Morgan fingerprint density at radius 3 is 1.18 bits per heavy atom. The molecule has 0 aromatic heterocycles. The maximum absolute atomic E-state index is 10.7. The third-order valence-corrected chi connectivity index (χ3v) is 3.04. The number of rotatable bonds is 3. The van der Waals surface area contributed by atoms with Crippen molar-refractivity contribution in [1.82, 2.24) is 0 Å². The van der Waals surface area contributed by atoms with Crippen LogP contribution >= 0.6 is 0 Å². The zero-order valence-electron chi connectivity index (χ0n) is 11.4. The van der Waals surface area contributed by atoms with Crippen molar-refractivity contribution in [1.29, 1.82) is 0 Å². The van der Waals surface area contributed by atoms with E-state index in [1.807, 2.05) is 0 Å². The first-order valence-electron chi connectivity index (χ1n) is 6.16. The summed E-state index contributed by atoms with van der Waals surface area (Å²) in [5.74, 6) is 10.7. The molecule has 8 nitrogen and oxygen atoms in total. The van der Waals surface area contributed by atoms with Gasteiger partial charge in [-0.15, -0.1) is 0 Å². The van der Waals surface area contributed by atoms with E-state index in [1.165, 1.54) is 0 Å². The van der Waals surface area contributed by atoms with Gasteiger partial charge in [-0.3, -0.25) is 0 Å². The van der Waals surface area contributed by atoms with Gasteiger partial charge >= 0.3 is 12.2 Å². The average molecular weight is 302 g/mol. The van der Waals surface area contributed by atoms with E-state index in [4.69, 9.17) is 21.9 Å². The van der Waals surface area contributed by atoms with Crippen LogP contribution in [-0.4, -0.2) is 22.4 Å². The highest BCUT2D eigenvalue weighted by atomic mass is 16.4. The monoisotopic (exact) mass is 302 g/mol. The maximum Gasteiger partial charge on any atom is 0.426 e. The molecule has 0 bridgehead atoms. The minimum Gasteiger partial charge on any atom is -0.464 e. The van der Waals surface area contributed by atoms with E-state index in [-0.39, 0.29) is 0 Å². The predicted octanol–water partition coefficient (Wildman–Crippen LogP) is 2.07. The first-order chi connectivity index (χ1) is 10.4. The van der Waals surface area contributed by atoms with Crippen LogP contribution < -0.4 is 21.7 Å². The van der Waals surface area contributed by atoms with E-state index in [0.717, 1.165) is 11.1 Å². The molecule has 0 heterocycles. The van der Waals surface area contributed by atoms with Crippen LogP contribution in [0.2, 0.25) is 0 Å². The van der Waals surface area contributed by atoms with E-state index in [1.54, 1.807) is 48.5 Å². The summed E-state index contributed by atoms with van der Waals surface area (Å²) in [5, 5.41) is 18.8. The van der Waals surface area contributed by atoms with E-state index in [9.17, 15) is 9.59 Å². The molecule has 0 aliphatic heterocycles. The summed E-state index contributed by atoms with van der Waals surface area (Å²) in [5.41, 5.74) is 2.33. The lowest BCUT2D eigenvalue weighted by molar-refractivity contribution is 0.201. The molecule has 2 aromatic rings. The van der Waals surface area contributed by atoms with Gasteiger partial charge in [-0.25, -0.2) is 31.3 Å². The van der Waals surface area contributed by atoms with Crippen LogP contribution in [0, 0.1) is 0 Å². The molecule has 0 aliphatic carbocycles. The zero-order valence-corrected chi connectivity index (χ0v) is 11.4. The molecule has 0 spiro atoms. The Balaban J connectivity index is 2.22. The number of hydrazine groups is 2. The lowest BCUT2D eigenvalue weighted by atomic mass is 10.0. The standard InChI is InChI=1S/C14H14N4O4/c15-17(13(19)20)11-5-1-9(2-6-11)10-3-7-12(8-4-10)18(16)14(21)22/h1-8H,15-16H2,(H,19,20)(H,21,22). The lowest BCUT2D eigenvalue weighted by Crippen LogP contribution is -2.35. The number of benzene rings is 2. The topological polar surface area (TPSA) is 133 Å². The van der Waals surface area contributed by atoms with E-state index in [0.29, 0.717) is 21.4 Å². The van der Waals surface area contributed by atoms with Gasteiger partial charge < -0.3 is 10.2 Å². The highest BCUT2D eigenvalue weighted by Gasteiger charge is 2.10. The Kier molecular flexibility index (Phi) is 4.25. The maximum atomic E-state index is 10.7. The third-order valence-electron chi connectivity index (χ3n) is 3.04. The first-order valence-corrected chi connectivity index (χ1v) is 6.16. The second-order valence-electron chi connectivity index (χ2n) is 4.40. The van der Waals surface area contributed by atoms with Gasteiger partial charge in [-0.1, -0.05) is 24.3 Å². The minimum atomic E-state index is -1.26. The fraction of sp³-hybridized carbons (Fsp3) is 0. The van der Waals surface area contributed by atoms with Crippen molar-refractivity contribution in [3.63, 3.8) is 0 Å². The molecule has 0 saturated heterocycles. The number of amides is 2. The van der Waals surface area contributed by atoms with Gasteiger partial charge in [-0.2, -0.15) is 0 Å². The molecule has 0 radical (unpaired) electrons. The normalized spacial score (nSPS) is 10.1. The number of carbonyl (C=O) groups is 2. The molecule has 2 aromatic carbocycles. The molecular formula is C14H14N4O4. The smallest absolute Gasteiger partial charge is 0.426 e. The summed E-state index contributed by atoms with van der Waals surface area (Å²) >= 11 is 0. The van der Waals surface area contributed by atoms with Crippen molar-refractivity contribution in [2.75, 3.05) is 10.0 Å². The predicted molar refractivity (Wildman–Crippen MR) is 81.3 cm³/mol. The van der Waals surface area contributed by atoms with Gasteiger partial charge in [0.2, 0.25) is 0 Å². The SMILES string of the molecule is NN(C(=O)O)c1ccc(-c2ccc(N(N)C(=O)O)cc2)cc1. The fourth-order valence-electron chi connectivity index (χ4n) is 1.85. The molecule has 22 heavy (non-hydrogen) atoms. The fourth-order valence-corrected chi connectivity index (χ4v) is 1.85. The summed E-state index contributed by atoms with van der Waals surface area (Å²) in [6.45, 7) is 0. The number of nitrogens with two attached hydrogens (primary N) is 2. The van der Waals surface area contributed by atoms with Crippen molar-refractivity contribution < 1.29 is 19.8 Å².